The monoisotopic (exact) mass is 289 g/mol. The lowest BCUT2D eigenvalue weighted by Gasteiger charge is -2.12. The largest absolute Gasteiger partial charge is 0.337 e. The van der Waals surface area contributed by atoms with Gasteiger partial charge in [-0.1, -0.05) is 6.07 Å². The van der Waals surface area contributed by atoms with Gasteiger partial charge in [0.05, 0.1) is 5.69 Å². The lowest BCUT2D eigenvalue weighted by atomic mass is 10.3. The van der Waals surface area contributed by atoms with Crippen LogP contribution in [0.3, 0.4) is 0 Å². The van der Waals surface area contributed by atoms with Gasteiger partial charge in [-0.3, -0.25) is 9.20 Å². The maximum absolute atomic E-state index is 11.9. The number of hydrogen-bond acceptors (Lipinski definition) is 4. The van der Waals surface area contributed by atoms with Crippen LogP contribution in [0, 0.1) is 0 Å². The van der Waals surface area contributed by atoms with Gasteiger partial charge < -0.3 is 15.5 Å². The van der Waals surface area contributed by atoms with Crippen molar-refractivity contribution >= 4 is 11.7 Å². The van der Waals surface area contributed by atoms with E-state index in [-0.39, 0.29) is 11.6 Å². The summed E-state index contributed by atoms with van der Waals surface area (Å²) in [5, 5.41) is 5.89. The molecule has 0 atom stereocenters. The number of rotatable bonds is 5. The van der Waals surface area contributed by atoms with E-state index in [1.54, 1.807) is 32.4 Å². The minimum absolute atomic E-state index is 0.0988. The van der Waals surface area contributed by atoms with E-state index in [2.05, 4.69) is 15.6 Å². The number of hydrogen-bond donors (Lipinski definition) is 2. The first-order valence-corrected chi connectivity index (χ1v) is 6.71. The van der Waals surface area contributed by atoms with Gasteiger partial charge in [-0.15, -0.1) is 0 Å². The van der Waals surface area contributed by atoms with Crippen molar-refractivity contribution in [1.82, 2.24) is 24.9 Å². The van der Waals surface area contributed by atoms with Crippen molar-refractivity contribution < 1.29 is 4.79 Å². The Morgan fingerprint density at radius 2 is 2.14 bits per heavy atom. The maximum Gasteiger partial charge on any atom is 0.316 e. The molecular weight excluding hydrogens is 270 g/mol. The second-order valence-electron chi connectivity index (χ2n) is 4.82. The Morgan fingerprint density at radius 1 is 1.33 bits per heavy atom. The summed E-state index contributed by atoms with van der Waals surface area (Å²) in [6, 6.07) is 6.82. The topological polar surface area (TPSA) is 78.7 Å². The second-order valence-corrected chi connectivity index (χ2v) is 4.82. The van der Waals surface area contributed by atoms with Crippen LogP contribution in [0.2, 0.25) is 0 Å². The normalized spacial score (nSPS) is 10.6. The number of urea groups is 1. The number of carbonyl (C=O) groups is 1. The van der Waals surface area contributed by atoms with E-state index in [4.69, 9.17) is 0 Å². The molecule has 112 valence electrons. The minimum Gasteiger partial charge on any atom is -0.337 e. The fourth-order valence-corrected chi connectivity index (χ4v) is 1.83. The Hall–Kier alpha value is -2.41. The fraction of sp³-hybridized carbons (Fsp3) is 0.357. The van der Waals surface area contributed by atoms with Crippen LogP contribution >= 0.6 is 0 Å². The molecule has 2 amide bonds. The molecule has 0 saturated carbocycles. The van der Waals surface area contributed by atoms with Gasteiger partial charge in [0.2, 0.25) is 0 Å². The summed E-state index contributed by atoms with van der Waals surface area (Å²) in [4.78, 5) is 29.1. The molecule has 7 heteroatoms. The predicted octanol–water partition coefficient (Wildman–Crippen LogP) is 0.0553. The number of aromatic nitrogens is 2. The van der Waals surface area contributed by atoms with Crippen molar-refractivity contribution in [2.75, 3.05) is 27.2 Å². The highest BCUT2D eigenvalue weighted by molar-refractivity contribution is 5.73. The van der Waals surface area contributed by atoms with Gasteiger partial charge in [-0.2, -0.15) is 0 Å². The van der Waals surface area contributed by atoms with Crippen LogP contribution in [0.5, 0.6) is 0 Å². The van der Waals surface area contributed by atoms with Gasteiger partial charge in [-0.25, -0.2) is 9.78 Å². The zero-order valence-corrected chi connectivity index (χ0v) is 12.2. The lowest BCUT2D eigenvalue weighted by molar-refractivity contribution is 0.217. The molecule has 0 radical (unpaired) electrons. The summed E-state index contributed by atoms with van der Waals surface area (Å²) in [5.74, 6) is 0. The third-order valence-electron chi connectivity index (χ3n) is 2.91. The van der Waals surface area contributed by atoms with Crippen molar-refractivity contribution in [1.29, 1.82) is 0 Å². The summed E-state index contributed by atoms with van der Waals surface area (Å²) in [5.41, 5.74) is 1.21. The van der Waals surface area contributed by atoms with E-state index in [9.17, 15) is 9.59 Å². The number of carbonyl (C=O) groups excluding carboxylic acids is 1. The van der Waals surface area contributed by atoms with Gasteiger partial charge >= 0.3 is 6.03 Å². The molecule has 0 aliphatic heterocycles. The van der Waals surface area contributed by atoms with Gasteiger partial charge in [0.15, 0.2) is 0 Å². The molecule has 7 nitrogen and oxygen atoms in total. The van der Waals surface area contributed by atoms with E-state index >= 15 is 0 Å². The molecular formula is C14H19N5O2. The Bertz CT molecular complexity index is 680. The molecule has 2 N–H and O–H groups in total. The molecule has 2 rings (SSSR count). The first-order valence-electron chi connectivity index (χ1n) is 6.71. The zero-order valence-electron chi connectivity index (χ0n) is 12.2. The molecule has 0 aliphatic carbocycles. The molecule has 21 heavy (non-hydrogen) atoms. The smallest absolute Gasteiger partial charge is 0.316 e. The van der Waals surface area contributed by atoms with Crippen LogP contribution in [0.25, 0.3) is 5.65 Å². The average Bonchev–Trinajstić information content (AvgIpc) is 2.46. The highest BCUT2D eigenvalue weighted by Gasteiger charge is 2.03. The third kappa shape index (κ3) is 4.03. The number of pyridine rings is 1. The van der Waals surface area contributed by atoms with E-state index in [0.717, 1.165) is 0 Å². The van der Waals surface area contributed by atoms with Gasteiger partial charge in [-0.05, 0) is 12.1 Å². The second kappa shape index (κ2) is 6.85. The summed E-state index contributed by atoms with van der Waals surface area (Å²) >= 11 is 0. The Kier molecular flexibility index (Phi) is 4.89. The molecule has 2 aromatic heterocycles. The minimum atomic E-state index is -0.126. The first kappa shape index (κ1) is 15.0. The van der Waals surface area contributed by atoms with Crippen LogP contribution in [-0.4, -0.2) is 47.5 Å². The van der Waals surface area contributed by atoms with E-state index in [0.29, 0.717) is 31.0 Å². The molecule has 0 saturated heterocycles. The Balaban J connectivity index is 1.87. The van der Waals surface area contributed by atoms with Gasteiger partial charge in [0, 0.05) is 46.0 Å². The van der Waals surface area contributed by atoms with Crippen molar-refractivity contribution in [3.63, 3.8) is 0 Å². The molecule has 0 aliphatic rings. The van der Waals surface area contributed by atoms with Crippen molar-refractivity contribution in [3.05, 3.63) is 46.5 Å². The number of nitrogens with one attached hydrogen (secondary N) is 2. The fourth-order valence-electron chi connectivity index (χ4n) is 1.83. The van der Waals surface area contributed by atoms with Crippen LogP contribution < -0.4 is 16.2 Å². The molecule has 2 aromatic rings. The van der Waals surface area contributed by atoms with Gasteiger partial charge in [0.1, 0.15) is 5.65 Å². The zero-order chi connectivity index (χ0) is 15.2. The van der Waals surface area contributed by atoms with Crippen molar-refractivity contribution in [2.45, 2.75) is 6.54 Å². The molecule has 0 fully saturated rings. The summed E-state index contributed by atoms with van der Waals surface area (Å²) < 4.78 is 1.50. The van der Waals surface area contributed by atoms with E-state index in [1.807, 2.05) is 6.07 Å². The quantitative estimate of drug-likeness (QED) is 0.763. The SMILES string of the molecule is CN(C)C(=O)NCCNCc1cc(=O)n2ccccc2n1. The molecule has 0 bridgehead atoms. The molecule has 2 heterocycles. The van der Waals surface area contributed by atoms with Crippen LogP contribution in [0.15, 0.2) is 35.3 Å². The predicted molar refractivity (Wildman–Crippen MR) is 80.3 cm³/mol. The molecule has 0 aromatic carbocycles. The summed E-state index contributed by atoms with van der Waals surface area (Å²) in [6.45, 7) is 1.61. The number of nitrogens with zero attached hydrogens (tertiary/aromatic N) is 3. The van der Waals surface area contributed by atoms with Gasteiger partial charge in [0.25, 0.3) is 5.56 Å². The van der Waals surface area contributed by atoms with Crippen molar-refractivity contribution in [3.8, 4) is 0 Å². The standard InChI is InChI=1S/C14H19N5O2/c1-18(2)14(21)16-7-6-15-10-11-9-13(20)19-8-4-3-5-12(19)17-11/h3-5,8-9,15H,6-7,10H2,1-2H3,(H,16,21). The van der Waals surface area contributed by atoms with Crippen LogP contribution in [-0.2, 0) is 6.54 Å². The maximum atomic E-state index is 11.9. The van der Waals surface area contributed by atoms with Crippen LogP contribution in [0.4, 0.5) is 4.79 Å². The Labute approximate surface area is 122 Å². The highest BCUT2D eigenvalue weighted by Crippen LogP contribution is 1.98. The molecule has 0 spiro atoms. The van der Waals surface area contributed by atoms with Crippen LogP contribution in [0.1, 0.15) is 5.69 Å². The lowest BCUT2D eigenvalue weighted by Crippen LogP contribution is -2.38. The molecule has 0 unspecified atom stereocenters. The number of fused-ring (bicyclic) bond motifs is 1. The summed E-state index contributed by atoms with van der Waals surface area (Å²) in [6.07, 6.45) is 1.69. The third-order valence-corrected chi connectivity index (χ3v) is 2.91. The Morgan fingerprint density at radius 3 is 2.90 bits per heavy atom. The highest BCUT2D eigenvalue weighted by atomic mass is 16.2. The summed E-state index contributed by atoms with van der Waals surface area (Å²) in [7, 11) is 3.38. The first-order chi connectivity index (χ1) is 10.1. The average molecular weight is 289 g/mol. The van der Waals surface area contributed by atoms with E-state index in [1.165, 1.54) is 15.4 Å². The number of amides is 2. The van der Waals surface area contributed by atoms with E-state index < -0.39 is 0 Å². The van der Waals surface area contributed by atoms with Crippen molar-refractivity contribution in [2.24, 2.45) is 0 Å².